The van der Waals surface area contributed by atoms with Gasteiger partial charge in [-0.3, -0.25) is 0 Å². The molecule has 0 aliphatic heterocycles. The van der Waals surface area contributed by atoms with Crippen LogP contribution in [0, 0.1) is 11.3 Å². The summed E-state index contributed by atoms with van der Waals surface area (Å²) in [7, 11) is 0. The number of carbonyl (C=O) groups excluding carboxylic acids is 1. The maximum atomic E-state index is 12.3. The zero-order valence-corrected chi connectivity index (χ0v) is 14.3. The number of nitrogens with zero attached hydrogens (tertiary/aromatic N) is 1. The highest BCUT2D eigenvalue weighted by Crippen LogP contribution is 2.31. The first-order valence-electron chi connectivity index (χ1n) is 7.39. The van der Waals surface area contributed by atoms with Crippen molar-refractivity contribution in [2.75, 3.05) is 18.2 Å². The number of nitriles is 1. The fourth-order valence-electron chi connectivity index (χ4n) is 2.19. The average molecular weight is 342 g/mol. The number of phenolic OH excluding ortho intramolecular Hbond substituents is 1. The maximum Gasteiger partial charge on any atom is 0.333 e. The normalized spacial score (nSPS) is 11.4. The molecule has 0 bridgehead atoms. The molecule has 0 aliphatic rings. The lowest BCUT2D eigenvalue weighted by molar-refractivity contribution is -0.144. The van der Waals surface area contributed by atoms with Crippen LogP contribution in [-0.2, 0) is 9.53 Å². The molecule has 0 spiro atoms. The maximum absolute atomic E-state index is 12.3. The summed E-state index contributed by atoms with van der Waals surface area (Å²) >= 11 is 1.40. The molecule has 0 fully saturated rings. The largest absolute Gasteiger partial charge is 0.507 e. The zero-order chi connectivity index (χ0) is 17.5. The van der Waals surface area contributed by atoms with Crippen molar-refractivity contribution in [3.8, 4) is 11.8 Å². The van der Waals surface area contributed by atoms with Crippen molar-refractivity contribution < 1.29 is 14.6 Å². The third-order valence-corrected chi connectivity index (χ3v) is 4.15. The number of nitrogens with one attached hydrogen (secondary N) is 1. The Balaban J connectivity index is 2.33. The number of carbonyl (C=O) groups is 1. The van der Waals surface area contributed by atoms with Crippen molar-refractivity contribution >= 4 is 23.4 Å². The molecule has 1 unspecified atom stereocenters. The van der Waals surface area contributed by atoms with Gasteiger partial charge in [0, 0.05) is 10.6 Å². The average Bonchev–Trinajstić information content (AvgIpc) is 2.61. The van der Waals surface area contributed by atoms with Crippen LogP contribution in [0.3, 0.4) is 0 Å². The lowest BCUT2D eigenvalue weighted by atomic mass is 10.1. The minimum absolute atomic E-state index is 0.173. The van der Waals surface area contributed by atoms with Crippen LogP contribution in [0.5, 0.6) is 5.75 Å². The molecule has 124 valence electrons. The van der Waals surface area contributed by atoms with Crippen LogP contribution < -0.4 is 5.32 Å². The molecule has 0 amide bonds. The summed E-state index contributed by atoms with van der Waals surface area (Å²) in [5.41, 5.74) is 1.94. The second-order valence-corrected chi connectivity index (χ2v) is 5.80. The number of hydrogen-bond acceptors (Lipinski definition) is 6. The van der Waals surface area contributed by atoms with Gasteiger partial charge in [-0.15, -0.1) is 11.8 Å². The molecule has 0 radical (unpaired) electrons. The van der Waals surface area contributed by atoms with Crippen molar-refractivity contribution in [1.29, 1.82) is 5.26 Å². The van der Waals surface area contributed by atoms with E-state index in [1.807, 2.05) is 6.26 Å². The molecule has 24 heavy (non-hydrogen) atoms. The predicted octanol–water partition coefficient (Wildman–Crippen LogP) is 3.70. The van der Waals surface area contributed by atoms with Gasteiger partial charge in [-0.1, -0.05) is 6.07 Å². The molecular weight excluding hydrogens is 324 g/mol. The van der Waals surface area contributed by atoms with Gasteiger partial charge in [0.15, 0.2) is 6.04 Å². The summed E-state index contributed by atoms with van der Waals surface area (Å²) in [6.07, 6.45) is 1.85. The number of hydrogen-bond donors (Lipinski definition) is 2. The number of benzene rings is 2. The van der Waals surface area contributed by atoms with E-state index in [1.54, 1.807) is 49.4 Å². The number of esters is 1. The van der Waals surface area contributed by atoms with Gasteiger partial charge < -0.3 is 15.2 Å². The second kappa shape index (κ2) is 8.27. The van der Waals surface area contributed by atoms with Gasteiger partial charge in [0.1, 0.15) is 5.75 Å². The number of phenols is 1. The van der Waals surface area contributed by atoms with Crippen LogP contribution in [-0.4, -0.2) is 23.9 Å². The first kappa shape index (κ1) is 17.7. The Hall–Kier alpha value is -2.65. The Kier molecular flexibility index (Phi) is 6.10. The van der Waals surface area contributed by atoms with Crippen molar-refractivity contribution in [2.45, 2.75) is 17.9 Å². The van der Waals surface area contributed by atoms with E-state index in [9.17, 15) is 9.90 Å². The third-order valence-electron chi connectivity index (χ3n) is 3.38. The lowest BCUT2D eigenvalue weighted by Gasteiger charge is -2.19. The quantitative estimate of drug-likeness (QED) is 0.615. The third kappa shape index (κ3) is 4.21. The molecule has 2 rings (SSSR count). The molecule has 5 nitrogen and oxygen atoms in total. The predicted molar refractivity (Wildman–Crippen MR) is 94.0 cm³/mol. The van der Waals surface area contributed by atoms with Gasteiger partial charge in [-0.2, -0.15) is 5.26 Å². The van der Waals surface area contributed by atoms with Crippen LogP contribution in [0.1, 0.15) is 24.1 Å². The molecule has 2 N–H and O–H groups in total. The zero-order valence-electron chi connectivity index (χ0n) is 13.4. The summed E-state index contributed by atoms with van der Waals surface area (Å²) in [4.78, 5) is 13.0. The van der Waals surface area contributed by atoms with Crippen molar-refractivity contribution in [3.63, 3.8) is 0 Å². The van der Waals surface area contributed by atoms with Crippen LogP contribution in [0.15, 0.2) is 47.4 Å². The minimum atomic E-state index is -0.704. The van der Waals surface area contributed by atoms with Crippen LogP contribution in [0.2, 0.25) is 0 Å². The monoisotopic (exact) mass is 342 g/mol. The van der Waals surface area contributed by atoms with Crippen LogP contribution >= 0.6 is 11.8 Å². The van der Waals surface area contributed by atoms with Gasteiger partial charge in [-0.05, 0) is 55.1 Å². The molecule has 0 saturated carbocycles. The molecule has 0 aromatic heterocycles. The highest BCUT2D eigenvalue weighted by atomic mass is 32.2. The Morgan fingerprint density at radius 3 is 2.62 bits per heavy atom. The highest BCUT2D eigenvalue weighted by Gasteiger charge is 2.23. The molecule has 0 saturated heterocycles. The molecule has 0 heterocycles. The Morgan fingerprint density at radius 1 is 1.33 bits per heavy atom. The van der Waals surface area contributed by atoms with Gasteiger partial charge in [-0.25, -0.2) is 4.79 Å². The lowest BCUT2D eigenvalue weighted by Crippen LogP contribution is -2.23. The Labute approximate surface area is 145 Å². The first-order valence-corrected chi connectivity index (χ1v) is 8.61. The SMILES string of the molecule is CCOC(=O)C(Nc1ccc(C#N)cc1)c1ccc(O)c(SC)c1. The fourth-order valence-corrected chi connectivity index (χ4v) is 2.72. The van der Waals surface area contributed by atoms with Gasteiger partial charge in [0.05, 0.1) is 18.2 Å². The van der Waals surface area contributed by atoms with Gasteiger partial charge in [0.25, 0.3) is 0 Å². The summed E-state index contributed by atoms with van der Waals surface area (Å²) < 4.78 is 5.16. The van der Waals surface area contributed by atoms with E-state index in [0.717, 1.165) is 0 Å². The minimum Gasteiger partial charge on any atom is -0.507 e. The van der Waals surface area contributed by atoms with E-state index < -0.39 is 12.0 Å². The van der Waals surface area contributed by atoms with Crippen molar-refractivity contribution in [3.05, 3.63) is 53.6 Å². The molecule has 2 aromatic rings. The van der Waals surface area contributed by atoms with E-state index >= 15 is 0 Å². The molecule has 2 aromatic carbocycles. The Bertz CT molecular complexity index is 754. The van der Waals surface area contributed by atoms with Gasteiger partial charge >= 0.3 is 5.97 Å². The topological polar surface area (TPSA) is 82.3 Å². The van der Waals surface area contributed by atoms with Crippen LogP contribution in [0.25, 0.3) is 0 Å². The van der Waals surface area contributed by atoms with E-state index in [4.69, 9.17) is 10.00 Å². The van der Waals surface area contributed by atoms with E-state index in [-0.39, 0.29) is 12.4 Å². The number of aromatic hydroxyl groups is 1. The number of rotatable bonds is 6. The smallest absolute Gasteiger partial charge is 0.333 e. The molecule has 6 heteroatoms. The molecular formula is C18H18N2O3S. The molecule has 1 atom stereocenters. The number of thioether (sulfide) groups is 1. The van der Waals surface area contributed by atoms with Crippen LogP contribution in [0.4, 0.5) is 5.69 Å². The first-order chi connectivity index (χ1) is 11.6. The fraction of sp³-hybridized carbons (Fsp3) is 0.222. The van der Waals surface area contributed by atoms with Crippen molar-refractivity contribution in [2.24, 2.45) is 0 Å². The summed E-state index contributed by atoms with van der Waals surface area (Å²) in [6, 6.07) is 13.2. The Morgan fingerprint density at radius 2 is 2.04 bits per heavy atom. The summed E-state index contributed by atoms with van der Waals surface area (Å²) in [6.45, 7) is 2.03. The highest BCUT2D eigenvalue weighted by molar-refractivity contribution is 7.98. The second-order valence-electron chi connectivity index (χ2n) is 4.95. The van der Waals surface area contributed by atoms with E-state index in [1.165, 1.54) is 11.8 Å². The van der Waals surface area contributed by atoms with E-state index in [0.29, 0.717) is 21.7 Å². The van der Waals surface area contributed by atoms with Gasteiger partial charge in [0.2, 0.25) is 0 Å². The number of ether oxygens (including phenoxy) is 1. The standard InChI is InChI=1S/C18H18N2O3S/c1-3-23-18(22)17(13-6-9-15(21)16(10-13)24-2)20-14-7-4-12(11-19)5-8-14/h4-10,17,20-21H,3H2,1-2H3. The van der Waals surface area contributed by atoms with E-state index in [2.05, 4.69) is 11.4 Å². The van der Waals surface area contributed by atoms with Crippen molar-refractivity contribution in [1.82, 2.24) is 0 Å². The summed E-state index contributed by atoms with van der Waals surface area (Å²) in [5.74, 6) is -0.230. The summed E-state index contributed by atoms with van der Waals surface area (Å²) in [5, 5.41) is 21.8. The number of anilines is 1. The molecule has 0 aliphatic carbocycles.